The molecular weight excluding hydrogens is 473 g/mol. The average molecular weight is 497 g/mol. The first-order valence-electron chi connectivity index (χ1n) is 11.0. The monoisotopic (exact) mass is 496 g/mol. The van der Waals surface area contributed by atoms with Gasteiger partial charge in [0, 0.05) is 32.2 Å². The van der Waals surface area contributed by atoms with Gasteiger partial charge >= 0.3 is 6.18 Å². The van der Waals surface area contributed by atoms with E-state index >= 15 is 0 Å². The number of pyridine rings is 1. The highest BCUT2D eigenvalue weighted by Gasteiger charge is 2.30. The lowest BCUT2D eigenvalue weighted by molar-refractivity contribution is -0.137. The van der Waals surface area contributed by atoms with Gasteiger partial charge in [0.1, 0.15) is 26.4 Å². The molecule has 0 aliphatic rings. The second-order valence-corrected chi connectivity index (χ2v) is 9.34. The first kappa shape index (κ1) is 23.3. The Labute approximate surface area is 203 Å². The van der Waals surface area contributed by atoms with E-state index in [4.69, 9.17) is 9.97 Å². The molecule has 0 aliphatic heterocycles. The SMILES string of the molecule is CNc1nc2sc(-c3cccc(C(C)NCc4cccc(C(F)(F)F)c4)c3)nc2c2c1ncn2C. The first-order valence-corrected chi connectivity index (χ1v) is 11.9. The zero-order valence-corrected chi connectivity index (χ0v) is 20.1. The molecule has 180 valence electrons. The lowest BCUT2D eigenvalue weighted by atomic mass is 10.0. The second kappa shape index (κ2) is 8.94. The van der Waals surface area contributed by atoms with Crippen molar-refractivity contribution >= 4 is 38.5 Å². The zero-order valence-electron chi connectivity index (χ0n) is 19.3. The molecule has 3 aromatic heterocycles. The topological polar surface area (TPSA) is 67.7 Å². The number of nitrogens with zero attached hydrogens (tertiary/aromatic N) is 4. The van der Waals surface area contributed by atoms with Crippen molar-refractivity contribution < 1.29 is 13.2 Å². The number of aryl methyl sites for hydroxylation is 1. The van der Waals surface area contributed by atoms with E-state index < -0.39 is 11.7 Å². The van der Waals surface area contributed by atoms with Crippen molar-refractivity contribution in [2.45, 2.75) is 25.7 Å². The van der Waals surface area contributed by atoms with E-state index in [0.29, 0.717) is 17.9 Å². The number of fused-ring (bicyclic) bond motifs is 3. The van der Waals surface area contributed by atoms with Gasteiger partial charge in [0.05, 0.1) is 11.9 Å². The minimum Gasteiger partial charge on any atom is -0.371 e. The summed E-state index contributed by atoms with van der Waals surface area (Å²) >= 11 is 1.51. The smallest absolute Gasteiger partial charge is 0.371 e. The quantitative estimate of drug-likeness (QED) is 0.295. The third kappa shape index (κ3) is 4.46. The number of hydrogen-bond acceptors (Lipinski definition) is 6. The minimum atomic E-state index is -4.35. The van der Waals surface area contributed by atoms with E-state index in [2.05, 4.69) is 21.7 Å². The number of aromatic nitrogens is 4. The molecule has 0 saturated heterocycles. The van der Waals surface area contributed by atoms with Crippen molar-refractivity contribution in [2.75, 3.05) is 12.4 Å². The standard InChI is InChI=1S/C25H23F3N6S/c1-14(30-12-15-6-4-9-18(10-15)25(26,27)28)16-7-5-8-17(11-16)23-32-20-21-19(31-13-34(21)3)22(29-2)33-24(20)35-23/h4-11,13-14,30H,12H2,1-3H3,(H,29,33). The maximum absolute atomic E-state index is 13.0. The van der Waals surface area contributed by atoms with Crippen LogP contribution in [0.15, 0.2) is 54.9 Å². The Morgan fingerprint density at radius 3 is 2.63 bits per heavy atom. The molecular formula is C25H23F3N6S. The number of thiazole rings is 1. The molecule has 2 N–H and O–H groups in total. The van der Waals surface area contributed by atoms with Gasteiger partial charge in [-0.3, -0.25) is 0 Å². The fourth-order valence-corrected chi connectivity index (χ4v) is 5.01. The third-order valence-corrected chi connectivity index (χ3v) is 6.94. The van der Waals surface area contributed by atoms with Crippen molar-refractivity contribution in [3.63, 3.8) is 0 Å². The molecule has 1 unspecified atom stereocenters. The largest absolute Gasteiger partial charge is 0.416 e. The van der Waals surface area contributed by atoms with Crippen LogP contribution in [-0.2, 0) is 19.8 Å². The number of nitrogens with one attached hydrogen (secondary N) is 2. The Hall–Kier alpha value is -3.50. The summed E-state index contributed by atoms with van der Waals surface area (Å²) in [6, 6.07) is 13.3. The average Bonchev–Trinajstić information content (AvgIpc) is 3.45. The van der Waals surface area contributed by atoms with E-state index in [9.17, 15) is 13.2 Å². The molecule has 10 heteroatoms. The van der Waals surface area contributed by atoms with Crippen molar-refractivity contribution in [2.24, 2.45) is 7.05 Å². The summed E-state index contributed by atoms with van der Waals surface area (Å²) in [4.78, 5) is 14.9. The van der Waals surface area contributed by atoms with Crippen LogP contribution in [0.3, 0.4) is 0 Å². The Morgan fingerprint density at radius 2 is 1.86 bits per heavy atom. The number of benzene rings is 2. The van der Waals surface area contributed by atoms with Crippen LogP contribution in [0.4, 0.5) is 19.0 Å². The summed E-state index contributed by atoms with van der Waals surface area (Å²) < 4.78 is 41.0. The number of rotatable bonds is 6. The highest BCUT2D eigenvalue weighted by molar-refractivity contribution is 7.21. The molecule has 6 nitrogen and oxygen atoms in total. The van der Waals surface area contributed by atoms with Gasteiger partial charge in [-0.2, -0.15) is 13.2 Å². The Morgan fingerprint density at radius 1 is 1.06 bits per heavy atom. The molecule has 3 heterocycles. The van der Waals surface area contributed by atoms with Crippen molar-refractivity contribution in [1.29, 1.82) is 0 Å². The lowest BCUT2D eigenvalue weighted by Gasteiger charge is -2.16. The molecule has 0 saturated carbocycles. The van der Waals surface area contributed by atoms with Crippen molar-refractivity contribution in [3.8, 4) is 10.6 Å². The van der Waals surface area contributed by atoms with Crippen LogP contribution in [0.2, 0.25) is 0 Å². The van der Waals surface area contributed by atoms with Gasteiger partial charge in [0.2, 0.25) is 0 Å². The predicted molar refractivity (Wildman–Crippen MR) is 133 cm³/mol. The summed E-state index contributed by atoms with van der Waals surface area (Å²) in [7, 11) is 3.76. The van der Waals surface area contributed by atoms with E-state index in [1.807, 2.05) is 43.8 Å². The van der Waals surface area contributed by atoms with Crippen LogP contribution in [0.5, 0.6) is 0 Å². The summed E-state index contributed by atoms with van der Waals surface area (Å²) in [5.41, 5.74) is 4.43. The van der Waals surface area contributed by atoms with Gasteiger partial charge in [-0.05, 0) is 30.2 Å². The molecule has 1 atom stereocenters. The number of imidazole rings is 1. The predicted octanol–water partition coefficient (Wildman–Crippen LogP) is 6.16. The highest BCUT2D eigenvalue weighted by atomic mass is 32.1. The van der Waals surface area contributed by atoms with Crippen LogP contribution in [0.1, 0.15) is 29.7 Å². The molecule has 0 aliphatic carbocycles. The maximum Gasteiger partial charge on any atom is 0.416 e. The zero-order chi connectivity index (χ0) is 24.7. The van der Waals surface area contributed by atoms with Crippen LogP contribution < -0.4 is 10.6 Å². The summed E-state index contributed by atoms with van der Waals surface area (Å²) in [6.07, 6.45) is -2.60. The molecule has 5 rings (SSSR count). The number of hydrogen-bond donors (Lipinski definition) is 2. The van der Waals surface area contributed by atoms with Crippen LogP contribution >= 0.6 is 11.3 Å². The molecule has 2 aromatic carbocycles. The van der Waals surface area contributed by atoms with Crippen LogP contribution in [-0.4, -0.2) is 26.6 Å². The molecule has 0 radical (unpaired) electrons. The van der Waals surface area contributed by atoms with Gasteiger partial charge in [0.25, 0.3) is 0 Å². The van der Waals surface area contributed by atoms with Crippen LogP contribution in [0.25, 0.3) is 32.0 Å². The lowest BCUT2D eigenvalue weighted by Crippen LogP contribution is -2.18. The van der Waals surface area contributed by atoms with Gasteiger partial charge in [-0.1, -0.05) is 47.7 Å². The third-order valence-electron chi connectivity index (χ3n) is 5.95. The van der Waals surface area contributed by atoms with E-state index in [-0.39, 0.29) is 6.04 Å². The van der Waals surface area contributed by atoms with Gasteiger partial charge in [-0.15, -0.1) is 0 Å². The Balaban J connectivity index is 1.41. The van der Waals surface area contributed by atoms with E-state index in [0.717, 1.165) is 43.6 Å². The van der Waals surface area contributed by atoms with E-state index in [1.54, 1.807) is 12.4 Å². The molecule has 0 bridgehead atoms. The molecule has 0 fully saturated rings. The fraction of sp³-hybridized carbons (Fsp3) is 0.240. The number of anilines is 1. The summed E-state index contributed by atoms with van der Waals surface area (Å²) in [6.45, 7) is 2.32. The first-order chi connectivity index (χ1) is 16.7. The van der Waals surface area contributed by atoms with E-state index in [1.165, 1.54) is 23.5 Å². The van der Waals surface area contributed by atoms with Gasteiger partial charge in [-0.25, -0.2) is 15.0 Å². The fourth-order valence-electron chi connectivity index (χ4n) is 4.06. The number of alkyl halides is 3. The molecule has 5 aromatic rings. The van der Waals surface area contributed by atoms with Gasteiger partial charge in [0.15, 0.2) is 5.82 Å². The maximum atomic E-state index is 13.0. The second-order valence-electron chi connectivity index (χ2n) is 8.36. The molecule has 35 heavy (non-hydrogen) atoms. The van der Waals surface area contributed by atoms with Gasteiger partial charge < -0.3 is 15.2 Å². The molecule has 0 amide bonds. The van der Waals surface area contributed by atoms with Crippen molar-refractivity contribution in [1.82, 2.24) is 24.8 Å². The Kier molecular flexibility index (Phi) is 5.94. The minimum absolute atomic E-state index is 0.0725. The van der Waals surface area contributed by atoms with Crippen molar-refractivity contribution in [3.05, 3.63) is 71.5 Å². The normalized spacial score (nSPS) is 13.0. The molecule has 0 spiro atoms. The highest BCUT2D eigenvalue weighted by Crippen LogP contribution is 2.36. The summed E-state index contributed by atoms with van der Waals surface area (Å²) in [5.74, 6) is 0.712. The number of halogens is 3. The Bertz CT molecular complexity index is 1520. The van der Waals surface area contributed by atoms with Crippen LogP contribution in [0, 0.1) is 0 Å². The summed E-state index contributed by atoms with van der Waals surface area (Å²) in [5, 5.41) is 7.28.